The molecule has 1 aliphatic rings. The molecule has 4 heteroatoms. The average Bonchev–Trinajstić information content (AvgIpc) is 3.30. The van der Waals surface area contributed by atoms with Crippen LogP contribution in [0.4, 0.5) is 15.9 Å². The van der Waals surface area contributed by atoms with E-state index in [1.807, 2.05) is 24.2 Å². The van der Waals surface area contributed by atoms with Gasteiger partial charge in [0.05, 0.1) is 0 Å². The SMILES string of the molecule is CN(c1ccc(F)cc1)c1cc(CNC2CC2)ccn1. The highest BCUT2D eigenvalue weighted by Crippen LogP contribution is 2.23. The topological polar surface area (TPSA) is 28.2 Å². The smallest absolute Gasteiger partial charge is 0.132 e. The number of pyridine rings is 1. The van der Waals surface area contributed by atoms with Gasteiger partial charge in [-0.1, -0.05) is 0 Å². The van der Waals surface area contributed by atoms with E-state index < -0.39 is 0 Å². The number of nitrogens with zero attached hydrogens (tertiary/aromatic N) is 2. The Hall–Kier alpha value is -1.94. The second-order valence-corrected chi connectivity index (χ2v) is 5.21. The van der Waals surface area contributed by atoms with Crippen LogP contribution in [0.25, 0.3) is 0 Å². The number of halogens is 1. The van der Waals surface area contributed by atoms with Crippen LogP contribution in [0, 0.1) is 5.82 Å². The van der Waals surface area contributed by atoms with Crippen LogP contribution in [0.1, 0.15) is 18.4 Å². The largest absolute Gasteiger partial charge is 0.329 e. The van der Waals surface area contributed by atoms with Crippen molar-refractivity contribution in [2.24, 2.45) is 0 Å². The van der Waals surface area contributed by atoms with Crippen molar-refractivity contribution in [1.82, 2.24) is 10.3 Å². The normalized spacial score (nSPS) is 14.3. The van der Waals surface area contributed by atoms with Crippen molar-refractivity contribution in [3.8, 4) is 0 Å². The van der Waals surface area contributed by atoms with Crippen LogP contribution in [-0.4, -0.2) is 18.1 Å². The molecule has 0 amide bonds. The predicted molar refractivity (Wildman–Crippen MR) is 78.6 cm³/mol. The first kappa shape index (κ1) is 13.1. The molecule has 0 spiro atoms. The van der Waals surface area contributed by atoms with Crippen LogP contribution in [0.5, 0.6) is 0 Å². The molecular formula is C16H18FN3. The van der Waals surface area contributed by atoms with Gasteiger partial charge in [0.25, 0.3) is 0 Å². The number of nitrogens with one attached hydrogen (secondary N) is 1. The maximum Gasteiger partial charge on any atom is 0.132 e. The Morgan fingerprint density at radius 1 is 1.25 bits per heavy atom. The Bertz CT molecular complexity index is 579. The Balaban J connectivity index is 1.74. The lowest BCUT2D eigenvalue weighted by Gasteiger charge is -2.19. The highest BCUT2D eigenvalue weighted by atomic mass is 19.1. The quantitative estimate of drug-likeness (QED) is 0.905. The molecule has 2 aromatic rings. The van der Waals surface area contributed by atoms with E-state index in [4.69, 9.17) is 0 Å². The fraction of sp³-hybridized carbons (Fsp3) is 0.312. The number of rotatable bonds is 5. The van der Waals surface area contributed by atoms with Gasteiger partial charge in [0, 0.05) is 31.5 Å². The zero-order valence-electron chi connectivity index (χ0n) is 11.5. The van der Waals surface area contributed by atoms with Crippen LogP contribution >= 0.6 is 0 Å². The van der Waals surface area contributed by atoms with Crippen molar-refractivity contribution in [3.63, 3.8) is 0 Å². The summed E-state index contributed by atoms with van der Waals surface area (Å²) in [5.41, 5.74) is 2.14. The first-order chi connectivity index (χ1) is 9.72. The monoisotopic (exact) mass is 271 g/mol. The first-order valence-electron chi connectivity index (χ1n) is 6.90. The summed E-state index contributed by atoms with van der Waals surface area (Å²) in [6, 6.07) is 11.2. The minimum Gasteiger partial charge on any atom is -0.329 e. The van der Waals surface area contributed by atoms with E-state index in [0.717, 1.165) is 18.1 Å². The summed E-state index contributed by atoms with van der Waals surface area (Å²) in [5.74, 6) is 0.643. The highest BCUT2D eigenvalue weighted by molar-refractivity contribution is 5.59. The molecule has 1 aliphatic carbocycles. The molecule has 0 radical (unpaired) electrons. The maximum absolute atomic E-state index is 13.0. The molecule has 1 aromatic heterocycles. The Morgan fingerprint density at radius 3 is 2.70 bits per heavy atom. The molecule has 1 fully saturated rings. The summed E-state index contributed by atoms with van der Waals surface area (Å²) in [7, 11) is 1.94. The van der Waals surface area contributed by atoms with Gasteiger partial charge in [-0.05, 0) is 54.8 Å². The third kappa shape index (κ3) is 3.14. The van der Waals surface area contributed by atoms with E-state index in [1.165, 1.54) is 30.5 Å². The van der Waals surface area contributed by atoms with Crippen LogP contribution in [0.3, 0.4) is 0 Å². The highest BCUT2D eigenvalue weighted by Gasteiger charge is 2.20. The summed E-state index contributed by atoms with van der Waals surface area (Å²) in [5, 5.41) is 3.49. The van der Waals surface area contributed by atoms with Crippen molar-refractivity contribution >= 4 is 11.5 Å². The molecule has 0 aliphatic heterocycles. The minimum atomic E-state index is -0.225. The number of benzene rings is 1. The Morgan fingerprint density at radius 2 is 2.00 bits per heavy atom. The lowest BCUT2D eigenvalue weighted by Crippen LogP contribution is -2.16. The lowest BCUT2D eigenvalue weighted by molar-refractivity contribution is 0.628. The number of hydrogen-bond donors (Lipinski definition) is 1. The van der Waals surface area contributed by atoms with Crippen molar-refractivity contribution in [3.05, 3.63) is 54.0 Å². The van der Waals surface area contributed by atoms with E-state index in [9.17, 15) is 4.39 Å². The zero-order chi connectivity index (χ0) is 13.9. The third-order valence-corrected chi connectivity index (χ3v) is 3.54. The predicted octanol–water partition coefficient (Wildman–Crippen LogP) is 3.24. The zero-order valence-corrected chi connectivity index (χ0v) is 11.5. The van der Waals surface area contributed by atoms with Crippen LogP contribution in [0.15, 0.2) is 42.6 Å². The second-order valence-electron chi connectivity index (χ2n) is 5.21. The molecular weight excluding hydrogens is 253 g/mol. The van der Waals surface area contributed by atoms with Crippen LogP contribution in [0.2, 0.25) is 0 Å². The second kappa shape index (κ2) is 5.59. The van der Waals surface area contributed by atoms with Gasteiger partial charge in [0.2, 0.25) is 0 Å². The van der Waals surface area contributed by atoms with E-state index in [1.54, 1.807) is 12.1 Å². The van der Waals surface area contributed by atoms with E-state index in [-0.39, 0.29) is 5.82 Å². The van der Waals surface area contributed by atoms with Gasteiger partial charge < -0.3 is 10.2 Å². The molecule has 3 rings (SSSR count). The van der Waals surface area contributed by atoms with Gasteiger partial charge in [-0.25, -0.2) is 9.37 Å². The van der Waals surface area contributed by atoms with Crippen LogP contribution < -0.4 is 10.2 Å². The molecule has 0 atom stereocenters. The molecule has 1 aromatic carbocycles. The first-order valence-corrected chi connectivity index (χ1v) is 6.90. The van der Waals surface area contributed by atoms with Crippen LogP contribution in [-0.2, 0) is 6.54 Å². The van der Waals surface area contributed by atoms with Gasteiger partial charge in [-0.2, -0.15) is 0 Å². The standard InChI is InChI=1S/C16H18FN3/c1-20(15-6-2-13(17)3-7-15)16-10-12(8-9-18-16)11-19-14-4-5-14/h2-3,6-10,14,19H,4-5,11H2,1H3. The van der Waals surface area contributed by atoms with Crippen molar-refractivity contribution in [2.75, 3.05) is 11.9 Å². The maximum atomic E-state index is 13.0. The molecule has 0 bridgehead atoms. The number of hydrogen-bond acceptors (Lipinski definition) is 3. The summed E-state index contributed by atoms with van der Waals surface area (Å²) in [4.78, 5) is 6.34. The van der Waals surface area contributed by atoms with Gasteiger partial charge in [-0.3, -0.25) is 0 Å². The molecule has 0 unspecified atom stereocenters. The lowest BCUT2D eigenvalue weighted by atomic mass is 10.2. The summed E-state index contributed by atoms with van der Waals surface area (Å²) < 4.78 is 13.0. The average molecular weight is 271 g/mol. The minimum absolute atomic E-state index is 0.225. The number of aromatic nitrogens is 1. The van der Waals surface area contributed by atoms with Gasteiger partial charge in [0.15, 0.2) is 0 Å². The molecule has 1 N–H and O–H groups in total. The van der Waals surface area contributed by atoms with Gasteiger partial charge in [-0.15, -0.1) is 0 Å². The Labute approximate surface area is 118 Å². The molecule has 104 valence electrons. The Kier molecular flexibility index (Phi) is 3.65. The molecule has 3 nitrogen and oxygen atoms in total. The van der Waals surface area contributed by atoms with E-state index >= 15 is 0 Å². The molecule has 1 saturated carbocycles. The number of anilines is 2. The fourth-order valence-electron chi connectivity index (χ4n) is 2.10. The van der Waals surface area contributed by atoms with Crippen molar-refractivity contribution in [1.29, 1.82) is 0 Å². The summed E-state index contributed by atoms with van der Waals surface area (Å²) in [6.07, 6.45) is 4.39. The molecule has 0 saturated heterocycles. The summed E-state index contributed by atoms with van der Waals surface area (Å²) >= 11 is 0. The van der Waals surface area contributed by atoms with E-state index in [0.29, 0.717) is 6.04 Å². The van der Waals surface area contributed by atoms with Gasteiger partial charge in [0.1, 0.15) is 11.6 Å². The molecule has 20 heavy (non-hydrogen) atoms. The van der Waals surface area contributed by atoms with Gasteiger partial charge >= 0.3 is 0 Å². The molecule has 1 heterocycles. The third-order valence-electron chi connectivity index (χ3n) is 3.54. The van der Waals surface area contributed by atoms with Crippen molar-refractivity contribution < 1.29 is 4.39 Å². The summed E-state index contributed by atoms with van der Waals surface area (Å²) in [6.45, 7) is 0.872. The van der Waals surface area contributed by atoms with E-state index in [2.05, 4.69) is 16.4 Å². The van der Waals surface area contributed by atoms with Crippen molar-refractivity contribution in [2.45, 2.75) is 25.4 Å². The fourth-order valence-corrected chi connectivity index (χ4v) is 2.10.